The number of hydrogen-bond acceptors (Lipinski definition) is 2. The molecular weight excluding hydrogens is 404 g/mol. The lowest BCUT2D eigenvalue weighted by atomic mass is 9.95. The van der Waals surface area contributed by atoms with Crippen LogP contribution in [0.4, 0.5) is 0 Å². The second kappa shape index (κ2) is 11.6. The van der Waals surface area contributed by atoms with Crippen LogP contribution in [0.1, 0.15) is 84.3 Å². The fraction of sp³-hybridized carbons (Fsp3) is 0.484. The van der Waals surface area contributed by atoms with Gasteiger partial charge < -0.3 is 10.2 Å². The predicted molar refractivity (Wildman–Crippen MR) is 143 cm³/mol. The van der Waals surface area contributed by atoms with Gasteiger partial charge in [0, 0.05) is 21.5 Å². The summed E-state index contributed by atoms with van der Waals surface area (Å²) in [6.07, 6.45) is 11.3. The third-order valence-corrected chi connectivity index (χ3v) is 6.71. The molecule has 2 nitrogen and oxygen atoms in total. The van der Waals surface area contributed by atoms with E-state index >= 15 is 0 Å². The standard InChI is InChI=1S/C31H42O2/c1-21(2)9-6-11-23(5)12-8-14-25-16-18-27-29(20-25)31(33)26-17-15-24(13-7-10-22(3)4)19-28(26)30(27)32/h12,15-22,32-33H,6-11,13-14H2,1-5H3. The Morgan fingerprint density at radius 1 is 0.727 bits per heavy atom. The third kappa shape index (κ3) is 6.76. The lowest BCUT2D eigenvalue weighted by molar-refractivity contribution is 0.478. The van der Waals surface area contributed by atoms with Gasteiger partial charge in [0.25, 0.3) is 0 Å². The van der Waals surface area contributed by atoms with E-state index in [-0.39, 0.29) is 11.5 Å². The van der Waals surface area contributed by atoms with Gasteiger partial charge in [-0.05, 0) is 80.5 Å². The molecule has 178 valence electrons. The molecule has 0 atom stereocenters. The first-order valence-corrected chi connectivity index (χ1v) is 12.8. The van der Waals surface area contributed by atoms with Crippen LogP contribution >= 0.6 is 0 Å². The van der Waals surface area contributed by atoms with E-state index in [1.807, 2.05) is 24.3 Å². The van der Waals surface area contributed by atoms with Gasteiger partial charge in [-0.2, -0.15) is 0 Å². The first-order chi connectivity index (χ1) is 15.8. The van der Waals surface area contributed by atoms with E-state index in [0.29, 0.717) is 5.92 Å². The van der Waals surface area contributed by atoms with Crippen molar-refractivity contribution in [2.45, 2.75) is 86.0 Å². The number of hydrogen-bond donors (Lipinski definition) is 2. The van der Waals surface area contributed by atoms with Crippen molar-refractivity contribution >= 4 is 21.5 Å². The summed E-state index contributed by atoms with van der Waals surface area (Å²) in [7, 11) is 0. The van der Waals surface area contributed by atoms with Crippen molar-refractivity contribution in [3.05, 3.63) is 59.2 Å². The molecule has 0 bridgehead atoms. The Morgan fingerprint density at radius 2 is 1.24 bits per heavy atom. The molecule has 0 aliphatic heterocycles. The Hall–Kier alpha value is -2.48. The zero-order valence-corrected chi connectivity index (χ0v) is 21.2. The third-order valence-electron chi connectivity index (χ3n) is 6.71. The fourth-order valence-corrected chi connectivity index (χ4v) is 4.68. The Balaban J connectivity index is 1.77. The molecule has 0 aliphatic carbocycles. The lowest BCUT2D eigenvalue weighted by Gasteiger charge is -2.13. The number of phenolic OH excluding ortho intramolecular Hbond substituents is 2. The maximum absolute atomic E-state index is 11.0. The van der Waals surface area contributed by atoms with Crippen LogP contribution in [0.25, 0.3) is 21.5 Å². The van der Waals surface area contributed by atoms with Crippen LogP contribution in [0.5, 0.6) is 11.5 Å². The SMILES string of the molecule is CC(=CCCc1ccc2c(O)c3cc(CCCC(C)C)ccc3c(O)c2c1)CCCC(C)C. The zero-order chi connectivity index (χ0) is 24.0. The van der Waals surface area contributed by atoms with E-state index in [1.54, 1.807) is 0 Å². The van der Waals surface area contributed by atoms with Crippen molar-refractivity contribution in [2.24, 2.45) is 11.8 Å². The van der Waals surface area contributed by atoms with Crippen molar-refractivity contribution in [1.29, 1.82) is 0 Å². The van der Waals surface area contributed by atoms with Gasteiger partial charge in [-0.1, -0.05) is 76.5 Å². The second-order valence-electron chi connectivity index (χ2n) is 10.6. The first kappa shape index (κ1) is 25.1. The number of phenols is 2. The van der Waals surface area contributed by atoms with Crippen molar-refractivity contribution in [2.75, 3.05) is 0 Å². The largest absolute Gasteiger partial charge is 0.507 e. The van der Waals surface area contributed by atoms with E-state index < -0.39 is 0 Å². The smallest absolute Gasteiger partial charge is 0.131 e. The fourth-order valence-electron chi connectivity index (χ4n) is 4.68. The van der Waals surface area contributed by atoms with Crippen molar-refractivity contribution in [1.82, 2.24) is 0 Å². The quantitative estimate of drug-likeness (QED) is 0.175. The molecule has 0 radical (unpaired) electrons. The number of aryl methyl sites for hydroxylation is 2. The van der Waals surface area contributed by atoms with Crippen LogP contribution in [0.15, 0.2) is 48.0 Å². The summed E-state index contributed by atoms with van der Waals surface area (Å²) >= 11 is 0. The van der Waals surface area contributed by atoms with E-state index in [9.17, 15) is 10.2 Å². The molecule has 0 fully saturated rings. The van der Waals surface area contributed by atoms with E-state index in [4.69, 9.17) is 0 Å². The molecule has 3 aromatic rings. The molecule has 2 heteroatoms. The number of benzene rings is 3. The van der Waals surface area contributed by atoms with Gasteiger partial charge in [0.15, 0.2) is 0 Å². The van der Waals surface area contributed by atoms with Gasteiger partial charge in [-0.3, -0.25) is 0 Å². The Kier molecular flexibility index (Phi) is 8.83. The minimum Gasteiger partial charge on any atom is -0.507 e. The van der Waals surface area contributed by atoms with Crippen LogP contribution in [0.2, 0.25) is 0 Å². The molecule has 3 aromatic carbocycles. The number of aromatic hydroxyl groups is 2. The van der Waals surface area contributed by atoms with Crippen LogP contribution in [0.3, 0.4) is 0 Å². The highest BCUT2D eigenvalue weighted by atomic mass is 16.3. The van der Waals surface area contributed by atoms with Gasteiger partial charge in [0.1, 0.15) is 11.5 Å². The molecule has 0 unspecified atom stereocenters. The molecule has 0 aliphatic rings. The minimum absolute atomic E-state index is 0.272. The summed E-state index contributed by atoms with van der Waals surface area (Å²) in [5, 5.41) is 25.0. The van der Waals surface area contributed by atoms with Gasteiger partial charge in [-0.25, -0.2) is 0 Å². The average Bonchev–Trinajstić information content (AvgIpc) is 2.77. The molecule has 33 heavy (non-hydrogen) atoms. The summed E-state index contributed by atoms with van der Waals surface area (Å²) in [4.78, 5) is 0. The first-order valence-electron chi connectivity index (χ1n) is 12.8. The summed E-state index contributed by atoms with van der Waals surface area (Å²) in [5.41, 5.74) is 3.87. The highest BCUT2D eigenvalue weighted by molar-refractivity contribution is 6.10. The summed E-state index contributed by atoms with van der Waals surface area (Å²) in [6, 6.07) is 12.2. The number of rotatable bonds is 11. The van der Waals surface area contributed by atoms with E-state index in [2.05, 4.69) is 52.8 Å². The highest BCUT2D eigenvalue weighted by Crippen LogP contribution is 2.42. The molecule has 0 heterocycles. The van der Waals surface area contributed by atoms with Gasteiger partial charge >= 0.3 is 0 Å². The van der Waals surface area contributed by atoms with Gasteiger partial charge in [-0.15, -0.1) is 0 Å². The molecule has 0 spiro atoms. The number of fused-ring (bicyclic) bond motifs is 2. The normalized spacial score (nSPS) is 12.5. The van der Waals surface area contributed by atoms with E-state index in [1.165, 1.54) is 42.4 Å². The van der Waals surface area contributed by atoms with Crippen LogP contribution < -0.4 is 0 Å². The maximum Gasteiger partial charge on any atom is 0.131 e. The van der Waals surface area contributed by atoms with Gasteiger partial charge in [0.05, 0.1) is 0 Å². The van der Waals surface area contributed by atoms with Crippen LogP contribution in [-0.4, -0.2) is 10.2 Å². The lowest BCUT2D eigenvalue weighted by Crippen LogP contribution is -1.92. The molecule has 0 saturated carbocycles. The highest BCUT2D eigenvalue weighted by Gasteiger charge is 2.14. The summed E-state index contributed by atoms with van der Waals surface area (Å²) < 4.78 is 0. The van der Waals surface area contributed by atoms with Crippen molar-refractivity contribution < 1.29 is 10.2 Å². The van der Waals surface area contributed by atoms with Crippen molar-refractivity contribution in [3.63, 3.8) is 0 Å². The van der Waals surface area contributed by atoms with Crippen molar-refractivity contribution in [3.8, 4) is 11.5 Å². The molecular formula is C31H42O2. The summed E-state index contributed by atoms with van der Waals surface area (Å²) in [5.74, 6) is 2.02. The van der Waals surface area contributed by atoms with Crippen LogP contribution in [0, 0.1) is 11.8 Å². The Bertz CT molecular complexity index is 1110. The van der Waals surface area contributed by atoms with Crippen LogP contribution in [-0.2, 0) is 12.8 Å². The Morgan fingerprint density at radius 3 is 1.79 bits per heavy atom. The minimum atomic E-state index is 0.272. The monoisotopic (exact) mass is 446 g/mol. The molecule has 0 amide bonds. The van der Waals surface area contributed by atoms with Gasteiger partial charge in [0.2, 0.25) is 0 Å². The molecule has 2 N–H and O–H groups in total. The average molecular weight is 447 g/mol. The zero-order valence-electron chi connectivity index (χ0n) is 21.2. The van der Waals surface area contributed by atoms with E-state index in [0.717, 1.165) is 53.1 Å². The second-order valence-corrected chi connectivity index (χ2v) is 10.6. The Labute approximate surface area is 200 Å². The maximum atomic E-state index is 11.0. The number of allylic oxidation sites excluding steroid dienone is 2. The predicted octanol–water partition coefficient (Wildman–Crippen LogP) is 9.09. The topological polar surface area (TPSA) is 40.5 Å². The molecule has 0 saturated heterocycles. The molecule has 0 aromatic heterocycles. The summed E-state index contributed by atoms with van der Waals surface area (Å²) in [6.45, 7) is 11.3. The molecule has 3 rings (SSSR count).